The Morgan fingerprint density at radius 3 is 2.17 bits per heavy atom. The fourth-order valence-electron chi connectivity index (χ4n) is 4.37. The normalized spacial score (nSPS) is 17.4. The van der Waals surface area contributed by atoms with Crippen LogP contribution in [-0.2, 0) is 22.0 Å². The summed E-state index contributed by atoms with van der Waals surface area (Å²) in [6, 6.07) is 8.36. The van der Waals surface area contributed by atoms with Gasteiger partial charge in [0.2, 0.25) is 5.91 Å². The highest BCUT2D eigenvalue weighted by molar-refractivity contribution is 5.77. The number of carbonyl (C=O) groups excluding carboxylic acids is 1. The van der Waals surface area contributed by atoms with Crippen LogP contribution in [0, 0.1) is 0 Å². The number of nitrogens with zero attached hydrogens (tertiary/aromatic N) is 2. The molecule has 0 bridgehead atoms. The van der Waals surface area contributed by atoms with Crippen LogP contribution < -0.4 is 0 Å². The lowest BCUT2D eigenvalue weighted by atomic mass is 9.78. The quantitative estimate of drug-likeness (QED) is 0.708. The van der Waals surface area contributed by atoms with E-state index in [0.29, 0.717) is 18.6 Å². The molecule has 0 radical (unpaired) electrons. The number of amides is 1. The van der Waals surface area contributed by atoms with Gasteiger partial charge in [-0.05, 0) is 64.5 Å². The maximum absolute atomic E-state index is 13.1. The number of phenols is 1. The van der Waals surface area contributed by atoms with Crippen LogP contribution in [0.25, 0.3) is 0 Å². The van der Waals surface area contributed by atoms with Crippen molar-refractivity contribution < 1.29 is 9.90 Å². The van der Waals surface area contributed by atoms with Crippen LogP contribution in [-0.4, -0.2) is 27.4 Å². The van der Waals surface area contributed by atoms with E-state index in [1.54, 1.807) is 12.4 Å². The van der Waals surface area contributed by atoms with E-state index in [0.717, 1.165) is 36.1 Å². The predicted molar refractivity (Wildman–Crippen MR) is 122 cm³/mol. The number of phenolic OH excluding ortho intramolecular Hbond substituents is 1. The Kier molecular flexibility index (Phi) is 6.26. The minimum Gasteiger partial charge on any atom is -0.507 e. The van der Waals surface area contributed by atoms with Gasteiger partial charge in [-0.3, -0.25) is 9.78 Å². The molecule has 162 valence electrons. The summed E-state index contributed by atoms with van der Waals surface area (Å²) in [5, 5.41) is 10.9. The zero-order valence-electron chi connectivity index (χ0n) is 19.3. The number of aromatic hydroxyl groups is 1. The highest BCUT2D eigenvalue weighted by atomic mass is 16.3. The molecule has 4 nitrogen and oxygen atoms in total. The second kappa shape index (κ2) is 8.41. The zero-order valence-corrected chi connectivity index (χ0v) is 19.3. The minimum absolute atomic E-state index is 0.161. The smallest absolute Gasteiger partial charge is 0.223 e. The van der Waals surface area contributed by atoms with Gasteiger partial charge in [0, 0.05) is 25.4 Å². The molecule has 2 aromatic rings. The average Bonchev–Trinajstić information content (AvgIpc) is 3.15. The molecule has 1 N–H and O–H groups in total. The number of benzene rings is 1. The van der Waals surface area contributed by atoms with Crippen molar-refractivity contribution in [2.24, 2.45) is 0 Å². The van der Waals surface area contributed by atoms with E-state index in [1.807, 2.05) is 17.0 Å². The van der Waals surface area contributed by atoms with Crippen LogP contribution in [0.2, 0.25) is 0 Å². The molecule has 0 spiro atoms. The van der Waals surface area contributed by atoms with Gasteiger partial charge in [-0.25, -0.2) is 0 Å². The summed E-state index contributed by atoms with van der Waals surface area (Å²) in [5.41, 5.74) is 3.87. The van der Waals surface area contributed by atoms with Crippen LogP contribution >= 0.6 is 0 Å². The van der Waals surface area contributed by atoms with Crippen molar-refractivity contribution in [3.8, 4) is 5.75 Å². The van der Waals surface area contributed by atoms with Crippen LogP contribution in [0.15, 0.2) is 36.7 Å². The summed E-state index contributed by atoms with van der Waals surface area (Å²) in [6.45, 7) is 13.5. The van der Waals surface area contributed by atoms with Crippen LogP contribution in [0.4, 0.5) is 0 Å². The number of rotatable bonds is 4. The zero-order chi connectivity index (χ0) is 22.1. The highest BCUT2D eigenvalue weighted by Gasteiger charge is 2.30. The van der Waals surface area contributed by atoms with Gasteiger partial charge in [-0.15, -0.1) is 0 Å². The van der Waals surface area contributed by atoms with Gasteiger partial charge < -0.3 is 10.0 Å². The fraction of sp³-hybridized carbons (Fsp3) is 0.538. The standard InChI is InChI=1S/C26H36N2O2/c1-25(2,3)20-16-18(17-21(24(20)30)26(4,5)6)9-10-23(29)28-15-7-8-22(28)19-11-13-27-14-12-19/h11-14,16-17,22,30H,7-10,15H2,1-6H3/t22-/m0/s1. The van der Waals surface area contributed by atoms with E-state index >= 15 is 0 Å². The second-order valence-electron chi connectivity index (χ2n) is 10.6. The molecule has 0 saturated carbocycles. The van der Waals surface area contributed by atoms with Crippen molar-refractivity contribution in [1.29, 1.82) is 0 Å². The van der Waals surface area contributed by atoms with Crippen molar-refractivity contribution in [1.82, 2.24) is 9.88 Å². The van der Waals surface area contributed by atoms with Gasteiger partial charge in [-0.1, -0.05) is 53.7 Å². The molecule has 1 aliphatic heterocycles. The lowest BCUT2D eigenvalue weighted by Gasteiger charge is -2.28. The Morgan fingerprint density at radius 1 is 1.07 bits per heavy atom. The molecular weight excluding hydrogens is 372 g/mol. The Bertz CT molecular complexity index is 856. The molecule has 30 heavy (non-hydrogen) atoms. The molecular formula is C26H36N2O2. The first-order valence-corrected chi connectivity index (χ1v) is 11.0. The minimum atomic E-state index is -0.161. The SMILES string of the molecule is CC(C)(C)c1cc(CCC(=O)N2CCC[C@H]2c2ccncc2)cc(C(C)(C)C)c1O. The molecule has 1 saturated heterocycles. The Morgan fingerprint density at radius 2 is 1.63 bits per heavy atom. The topological polar surface area (TPSA) is 53.4 Å². The molecule has 1 aliphatic rings. The molecule has 2 heterocycles. The predicted octanol–water partition coefficient (Wildman–Crippen LogP) is 5.68. The van der Waals surface area contributed by atoms with Gasteiger partial charge in [0.1, 0.15) is 5.75 Å². The number of aromatic nitrogens is 1. The van der Waals surface area contributed by atoms with Crippen molar-refractivity contribution in [3.05, 3.63) is 58.9 Å². The number of likely N-dealkylation sites (tertiary alicyclic amines) is 1. The third-order valence-electron chi connectivity index (χ3n) is 6.08. The van der Waals surface area contributed by atoms with E-state index in [2.05, 4.69) is 58.7 Å². The maximum atomic E-state index is 13.1. The van der Waals surface area contributed by atoms with Crippen LogP contribution in [0.1, 0.15) is 89.1 Å². The number of carbonyl (C=O) groups is 1. The fourth-order valence-corrected chi connectivity index (χ4v) is 4.37. The first-order valence-electron chi connectivity index (χ1n) is 11.0. The van der Waals surface area contributed by atoms with Crippen molar-refractivity contribution in [2.45, 2.75) is 84.1 Å². The average molecular weight is 409 g/mol. The summed E-state index contributed by atoms with van der Waals surface area (Å²) >= 11 is 0. The molecule has 4 heteroatoms. The molecule has 0 aliphatic carbocycles. The lowest BCUT2D eigenvalue weighted by Crippen LogP contribution is -2.30. The summed E-state index contributed by atoms with van der Waals surface area (Å²) in [6.07, 6.45) is 6.82. The molecule has 1 aromatic carbocycles. The summed E-state index contributed by atoms with van der Waals surface area (Å²) in [7, 11) is 0. The number of aryl methyl sites for hydroxylation is 1. The van der Waals surface area contributed by atoms with Crippen molar-refractivity contribution in [3.63, 3.8) is 0 Å². The largest absolute Gasteiger partial charge is 0.507 e. The van der Waals surface area contributed by atoms with E-state index in [1.165, 1.54) is 5.56 Å². The summed E-state index contributed by atoms with van der Waals surface area (Å²) in [5.74, 6) is 0.597. The second-order valence-corrected chi connectivity index (χ2v) is 10.6. The molecule has 1 aromatic heterocycles. The van der Waals surface area contributed by atoms with E-state index < -0.39 is 0 Å². The lowest BCUT2D eigenvalue weighted by molar-refractivity contribution is -0.132. The molecule has 1 fully saturated rings. The molecule has 0 unspecified atom stereocenters. The Labute approximate surface area is 181 Å². The van der Waals surface area contributed by atoms with Crippen LogP contribution in [0.5, 0.6) is 5.75 Å². The summed E-state index contributed by atoms with van der Waals surface area (Å²) < 4.78 is 0. The summed E-state index contributed by atoms with van der Waals surface area (Å²) in [4.78, 5) is 19.2. The number of hydrogen-bond donors (Lipinski definition) is 1. The van der Waals surface area contributed by atoms with E-state index in [4.69, 9.17) is 0 Å². The first kappa shape index (κ1) is 22.3. The third-order valence-corrected chi connectivity index (χ3v) is 6.08. The van der Waals surface area contributed by atoms with Gasteiger partial charge in [0.05, 0.1) is 6.04 Å². The van der Waals surface area contributed by atoms with E-state index in [9.17, 15) is 9.90 Å². The van der Waals surface area contributed by atoms with Gasteiger partial charge in [-0.2, -0.15) is 0 Å². The molecule has 1 amide bonds. The monoisotopic (exact) mass is 408 g/mol. The number of hydrogen-bond acceptors (Lipinski definition) is 3. The van der Waals surface area contributed by atoms with Crippen molar-refractivity contribution >= 4 is 5.91 Å². The van der Waals surface area contributed by atoms with E-state index in [-0.39, 0.29) is 22.8 Å². The highest BCUT2D eigenvalue weighted by Crippen LogP contribution is 2.40. The van der Waals surface area contributed by atoms with Crippen molar-refractivity contribution in [2.75, 3.05) is 6.54 Å². The van der Waals surface area contributed by atoms with Crippen LogP contribution in [0.3, 0.4) is 0 Å². The first-order chi connectivity index (χ1) is 14.0. The third kappa shape index (κ3) is 4.85. The maximum Gasteiger partial charge on any atom is 0.223 e. The van der Waals surface area contributed by atoms with Gasteiger partial charge >= 0.3 is 0 Å². The number of pyridine rings is 1. The Balaban J connectivity index is 1.80. The van der Waals surface area contributed by atoms with Gasteiger partial charge in [0.25, 0.3) is 0 Å². The Hall–Kier alpha value is -2.36. The van der Waals surface area contributed by atoms with Gasteiger partial charge in [0.15, 0.2) is 0 Å². The molecule has 1 atom stereocenters. The molecule has 3 rings (SSSR count).